The standard InChI is InChI=1S/C11H14O5/c1-14-10(7-12)8-15-11(13)16-9-5-3-2-4-6-9/h2-6,10,12H,7-8H2,1H3. The first-order chi connectivity index (χ1) is 7.76. The predicted octanol–water partition coefficient (Wildman–Crippen LogP) is 1.21. The summed E-state index contributed by atoms with van der Waals surface area (Å²) >= 11 is 0. The second-order valence-electron chi connectivity index (χ2n) is 3.02. The molecule has 0 aromatic heterocycles. The highest BCUT2D eigenvalue weighted by Gasteiger charge is 2.11. The Morgan fingerprint density at radius 3 is 2.62 bits per heavy atom. The van der Waals surface area contributed by atoms with Crippen LogP contribution in [0.3, 0.4) is 0 Å². The van der Waals surface area contributed by atoms with Crippen molar-refractivity contribution in [3.8, 4) is 5.75 Å². The maximum Gasteiger partial charge on any atom is 0.513 e. The number of aliphatic hydroxyl groups is 1. The number of para-hydroxylation sites is 1. The maximum atomic E-state index is 11.2. The number of carbonyl (C=O) groups excluding carboxylic acids is 1. The molecular formula is C11H14O5. The van der Waals surface area contributed by atoms with Gasteiger partial charge >= 0.3 is 6.16 Å². The molecule has 0 saturated carbocycles. The molecule has 0 saturated heterocycles. The third-order valence-corrected chi connectivity index (χ3v) is 1.87. The van der Waals surface area contributed by atoms with E-state index in [1.54, 1.807) is 24.3 Å². The molecule has 0 aliphatic rings. The topological polar surface area (TPSA) is 65.0 Å². The Morgan fingerprint density at radius 2 is 2.06 bits per heavy atom. The number of hydrogen-bond acceptors (Lipinski definition) is 5. The van der Waals surface area contributed by atoms with Crippen LogP contribution in [0.15, 0.2) is 30.3 Å². The highest BCUT2D eigenvalue weighted by Crippen LogP contribution is 2.09. The predicted molar refractivity (Wildman–Crippen MR) is 56.3 cm³/mol. The maximum absolute atomic E-state index is 11.2. The van der Waals surface area contributed by atoms with Gasteiger partial charge in [-0.2, -0.15) is 0 Å². The summed E-state index contributed by atoms with van der Waals surface area (Å²) in [5, 5.41) is 8.77. The lowest BCUT2D eigenvalue weighted by atomic mass is 10.3. The molecule has 0 amide bonds. The minimum absolute atomic E-state index is 0.0430. The Morgan fingerprint density at radius 1 is 1.38 bits per heavy atom. The summed E-state index contributed by atoms with van der Waals surface area (Å²) in [7, 11) is 1.42. The molecule has 1 aromatic carbocycles. The van der Waals surface area contributed by atoms with Crippen LogP contribution in [0.2, 0.25) is 0 Å². The van der Waals surface area contributed by atoms with Gasteiger partial charge in [0.15, 0.2) is 0 Å². The van der Waals surface area contributed by atoms with Crippen LogP contribution in [-0.2, 0) is 9.47 Å². The van der Waals surface area contributed by atoms with Gasteiger partial charge in [0.25, 0.3) is 0 Å². The van der Waals surface area contributed by atoms with Crippen molar-refractivity contribution in [3.05, 3.63) is 30.3 Å². The molecule has 0 aliphatic heterocycles. The zero-order valence-electron chi connectivity index (χ0n) is 8.96. The molecule has 1 atom stereocenters. The molecule has 0 fully saturated rings. The van der Waals surface area contributed by atoms with E-state index in [4.69, 9.17) is 19.3 Å². The molecule has 16 heavy (non-hydrogen) atoms. The lowest BCUT2D eigenvalue weighted by molar-refractivity contribution is -0.00788. The van der Waals surface area contributed by atoms with E-state index in [0.29, 0.717) is 5.75 Å². The zero-order chi connectivity index (χ0) is 11.8. The smallest absolute Gasteiger partial charge is 0.431 e. The molecule has 5 nitrogen and oxygen atoms in total. The molecule has 88 valence electrons. The van der Waals surface area contributed by atoms with Gasteiger partial charge in [0.1, 0.15) is 18.5 Å². The van der Waals surface area contributed by atoms with E-state index in [-0.39, 0.29) is 13.2 Å². The molecule has 5 heteroatoms. The normalized spacial score (nSPS) is 11.9. The van der Waals surface area contributed by atoms with Crippen molar-refractivity contribution in [3.63, 3.8) is 0 Å². The number of ether oxygens (including phenoxy) is 3. The van der Waals surface area contributed by atoms with Crippen molar-refractivity contribution >= 4 is 6.16 Å². The van der Waals surface area contributed by atoms with Crippen molar-refractivity contribution < 1.29 is 24.1 Å². The van der Waals surface area contributed by atoms with Gasteiger partial charge < -0.3 is 19.3 Å². The van der Waals surface area contributed by atoms with Gasteiger partial charge in [-0.15, -0.1) is 0 Å². The van der Waals surface area contributed by atoms with Crippen LogP contribution in [0, 0.1) is 0 Å². The summed E-state index contributed by atoms with van der Waals surface area (Å²) in [6, 6.07) is 8.58. The summed E-state index contributed by atoms with van der Waals surface area (Å²) < 4.78 is 14.4. The Balaban J connectivity index is 2.31. The van der Waals surface area contributed by atoms with Crippen molar-refractivity contribution in [2.45, 2.75) is 6.10 Å². The van der Waals surface area contributed by atoms with Gasteiger partial charge in [0.2, 0.25) is 0 Å². The summed E-state index contributed by atoms with van der Waals surface area (Å²) in [6.45, 7) is -0.256. The summed E-state index contributed by atoms with van der Waals surface area (Å²) in [5.74, 6) is 0.408. The van der Waals surface area contributed by atoms with E-state index in [2.05, 4.69) is 0 Å². The third kappa shape index (κ3) is 4.29. The van der Waals surface area contributed by atoms with Crippen LogP contribution in [0.5, 0.6) is 5.75 Å². The number of methoxy groups -OCH3 is 1. The second kappa shape index (κ2) is 6.81. The van der Waals surface area contributed by atoms with Crippen LogP contribution < -0.4 is 4.74 Å². The first-order valence-electron chi connectivity index (χ1n) is 4.79. The number of benzene rings is 1. The van der Waals surface area contributed by atoms with Gasteiger partial charge in [0.05, 0.1) is 6.61 Å². The molecule has 0 spiro atoms. The van der Waals surface area contributed by atoms with E-state index < -0.39 is 12.3 Å². The van der Waals surface area contributed by atoms with Crippen LogP contribution in [0.25, 0.3) is 0 Å². The highest BCUT2D eigenvalue weighted by atomic mass is 16.7. The Labute approximate surface area is 93.6 Å². The first-order valence-corrected chi connectivity index (χ1v) is 4.79. The van der Waals surface area contributed by atoms with E-state index in [9.17, 15) is 4.79 Å². The van der Waals surface area contributed by atoms with Crippen molar-refractivity contribution in [1.82, 2.24) is 0 Å². The monoisotopic (exact) mass is 226 g/mol. The van der Waals surface area contributed by atoms with Gasteiger partial charge in [-0.3, -0.25) is 0 Å². The second-order valence-corrected chi connectivity index (χ2v) is 3.02. The Hall–Kier alpha value is -1.59. The van der Waals surface area contributed by atoms with Crippen molar-refractivity contribution in [2.24, 2.45) is 0 Å². The van der Waals surface area contributed by atoms with E-state index in [1.165, 1.54) is 7.11 Å². The van der Waals surface area contributed by atoms with Gasteiger partial charge in [0, 0.05) is 7.11 Å². The fraction of sp³-hybridized carbons (Fsp3) is 0.364. The van der Waals surface area contributed by atoms with Crippen LogP contribution >= 0.6 is 0 Å². The highest BCUT2D eigenvalue weighted by molar-refractivity contribution is 5.63. The summed E-state index contributed by atoms with van der Waals surface area (Å²) in [5.41, 5.74) is 0. The average molecular weight is 226 g/mol. The minimum atomic E-state index is -0.818. The molecule has 1 unspecified atom stereocenters. The van der Waals surface area contributed by atoms with E-state index in [1.807, 2.05) is 6.07 Å². The number of hydrogen-bond donors (Lipinski definition) is 1. The summed E-state index contributed by atoms with van der Waals surface area (Å²) in [4.78, 5) is 11.2. The Kier molecular flexibility index (Phi) is 5.31. The average Bonchev–Trinajstić information content (AvgIpc) is 2.31. The van der Waals surface area contributed by atoms with Gasteiger partial charge in [-0.05, 0) is 12.1 Å². The lowest BCUT2D eigenvalue weighted by Crippen LogP contribution is -2.25. The minimum Gasteiger partial charge on any atom is -0.431 e. The van der Waals surface area contributed by atoms with Crippen molar-refractivity contribution in [1.29, 1.82) is 0 Å². The van der Waals surface area contributed by atoms with Crippen LogP contribution in [-0.4, -0.2) is 37.7 Å². The van der Waals surface area contributed by atoms with E-state index >= 15 is 0 Å². The molecule has 0 heterocycles. The van der Waals surface area contributed by atoms with Gasteiger partial charge in [-0.25, -0.2) is 4.79 Å². The summed E-state index contributed by atoms with van der Waals surface area (Å²) in [6.07, 6.45) is -1.34. The number of rotatable bonds is 5. The Bertz CT molecular complexity index is 307. The fourth-order valence-electron chi connectivity index (χ4n) is 0.970. The number of carbonyl (C=O) groups is 1. The molecule has 0 bridgehead atoms. The first kappa shape index (κ1) is 12.5. The quantitative estimate of drug-likeness (QED) is 0.604. The molecular weight excluding hydrogens is 212 g/mol. The largest absolute Gasteiger partial charge is 0.513 e. The van der Waals surface area contributed by atoms with Gasteiger partial charge in [-0.1, -0.05) is 18.2 Å². The third-order valence-electron chi connectivity index (χ3n) is 1.87. The van der Waals surface area contributed by atoms with E-state index in [0.717, 1.165) is 0 Å². The molecule has 1 N–H and O–H groups in total. The SMILES string of the molecule is COC(CO)COC(=O)Oc1ccccc1. The molecule has 1 rings (SSSR count). The molecule has 0 radical (unpaired) electrons. The number of aliphatic hydroxyl groups excluding tert-OH is 1. The van der Waals surface area contributed by atoms with Crippen molar-refractivity contribution in [2.75, 3.05) is 20.3 Å². The fourth-order valence-corrected chi connectivity index (χ4v) is 0.970. The molecule has 1 aromatic rings. The molecule has 0 aliphatic carbocycles. The lowest BCUT2D eigenvalue weighted by Gasteiger charge is -2.12. The van der Waals surface area contributed by atoms with Crippen LogP contribution in [0.1, 0.15) is 0 Å². The van der Waals surface area contributed by atoms with Crippen LogP contribution in [0.4, 0.5) is 4.79 Å². The zero-order valence-corrected chi connectivity index (χ0v) is 8.96.